The van der Waals surface area contributed by atoms with E-state index in [4.69, 9.17) is 9.47 Å². The van der Waals surface area contributed by atoms with Crippen molar-refractivity contribution in [2.45, 2.75) is 358 Å². The highest BCUT2D eigenvalue weighted by Crippen LogP contribution is 2.24. The van der Waals surface area contributed by atoms with Crippen LogP contribution in [0.3, 0.4) is 0 Å². The summed E-state index contributed by atoms with van der Waals surface area (Å²) in [6, 6.07) is -1.19. The van der Waals surface area contributed by atoms with Gasteiger partial charge in [-0.3, -0.25) is 4.79 Å². The zero-order valence-electron chi connectivity index (χ0n) is 49.2. The summed E-state index contributed by atoms with van der Waals surface area (Å²) in [6.45, 7) is 3.48. The number of nitrogens with one attached hydrogen (secondary N) is 1. The summed E-state index contributed by atoms with van der Waals surface area (Å²) in [4.78, 5) is 13.2. The molecule has 448 valence electrons. The molecule has 11 nitrogen and oxygen atoms in total. The summed E-state index contributed by atoms with van der Waals surface area (Å²) in [5, 5.41) is 76.3. The Kier molecular flexibility index (Phi) is 51.3. The smallest absolute Gasteiger partial charge is 0.249 e. The third kappa shape index (κ3) is 41.4. The Morgan fingerprint density at radius 3 is 1.17 bits per heavy atom. The van der Waals surface area contributed by atoms with Crippen molar-refractivity contribution in [3.05, 3.63) is 36.5 Å². The number of aliphatic hydroxyl groups is 7. The highest BCUT2D eigenvalue weighted by Gasteiger charge is 2.44. The third-order valence-electron chi connectivity index (χ3n) is 15.7. The van der Waals surface area contributed by atoms with Crippen LogP contribution in [-0.2, 0) is 14.3 Å². The third-order valence-corrected chi connectivity index (χ3v) is 15.7. The lowest BCUT2D eigenvalue weighted by atomic mass is 9.98. The second-order valence-corrected chi connectivity index (χ2v) is 22.8. The molecule has 8 N–H and O–H groups in total. The van der Waals surface area contributed by atoms with Crippen LogP contribution in [0.5, 0.6) is 0 Å². The van der Waals surface area contributed by atoms with Gasteiger partial charge in [-0.25, -0.2) is 0 Å². The molecule has 0 aromatic heterocycles. The Bertz CT molecular complexity index is 1330. The molecule has 1 rings (SSSR count). The zero-order valence-corrected chi connectivity index (χ0v) is 49.2. The molecule has 11 heteroatoms. The number of carbonyl (C=O) groups excluding carboxylic acids is 1. The van der Waals surface area contributed by atoms with E-state index in [1.165, 1.54) is 212 Å². The maximum absolute atomic E-state index is 13.2. The molecule has 0 spiro atoms. The Morgan fingerprint density at radius 2 is 0.789 bits per heavy atom. The lowest BCUT2D eigenvalue weighted by Crippen LogP contribution is -2.60. The van der Waals surface area contributed by atoms with Gasteiger partial charge < -0.3 is 50.5 Å². The van der Waals surface area contributed by atoms with Crippen molar-refractivity contribution in [2.24, 2.45) is 0 Å². The van der Waals surface area contributed by atoms with Crippen LogP contribution in [0.1, 0.15) is 303 Å². The number of carbonyl (C=O) groups is 1. The second-order valence-electron chi connectivity index (χ2n) is 22.8. The molecule has 76 heavy (non-hydrogen) atoms. The van der Waals surface area contributed by atoms with Gasteiger partial charge in [-0.2, -0.15) is 0 Å². The molecule has 1 fully saturated rings. The van der Waals surface area contributed by atoms with Gasteiger partial charge >= 0.3 is 0 Å². The monoisotopic (exact) mass is 1080 g/mol. The minimum Gasteiger partial charge on any atom is -0.394 e. The van der Waals surface area contributed by atoms with Crippen LogP contribution in [0.15, 0.2) is 36.5 Å². The minimum absolute atomic E-state index is 0.243. The van der Waals surface area contributed by atoms with Crippen molar-refractivity contribution in [1.29, 1.82) is 0 Å². The van der Waals surface area contributed by atoms with Gasteiger partial charge in [0.2, 0.25) is 5.91 Å². The molecule has 0 saturated carbocycles. The topological polar surface area (TPSA) is 189 Å². The fraction of sp³-hybridized carbons (Fsp3) is 0.892. The lowest BCUT2D eigenvalue weighted by Gasteiger charge is -2.40. The molecule has 0 aliphatic carbocycles. The van der Waals surface area contributed by atoms with Crippen molar-refractivity contribution in [3.8, 4) is 0 Å². The first-order chi connectivity index (χ1) is 37.2. The number of aliphatic hydroxyl groups excluding tert-OH is 7. The predicted molar refractivity (Wildman–Crippen MR) is 316 cm³/mol. The van der Waals surface area contributed by atoms with Gasteiger partial charge in [0.05, 0.1) is 25.4 Å². The van der Waals surface area contributed by atoms with E-state index in [0.29, 0.717) is 19.3 Å². The van der Waals surface area contributed by atoms with Crippen LogP contribution in [0, 0.1) is 0 Å². The van der Waals surface area contributed by atoms with Crippen LogP contribution in [-0.4, -0.2) is 110 Å². The van der Waals surface area contributed by atoms with Gasteiger partial charge in [-0.1, -0.05) is 275 Å². The summed E-state index contributed by atoms with van der Waals surface area (Å²) in [6.07, 6.45) is 56.4. The Balaban J connectivity index is 2.29. The molecular formula is C65H123NO10. The molecule has 1 saturated heterocycles. The Labute approximate surface area is 467 Å². The lowest BCUT2D eigenvalue weighted by molar-refractivity contribution is -0.303. The van der Waals surface area contributed by atoms with Crippen LogP contribution >= 0.6 is 0 Å². The first-order valence-electron chi connectivity index (χ1n) is 32.4. The van der Waals surface area contributed by atoms with E-state index in [9.17, 15) is 40.5 Å². The van der Waals surface area contributed by atoms with Gasteiger partial charge in [-0.15, -0.1) is 0 Å². The van der Waals surface area contributed by atoms with Crippen molar-refractivity contribution in [3.63, 3.8) is 0 Å². The van der Waals surface area contributed by atoms with Crippen LogP contribution in [0.25, 0.3) is 0 Å². The van der Waals surface area contributed by atoms with Gasteiger partial charge in [0, 0.05) is 0 Å². The summed E-state index contributed by atoms with van der Waals surface area (Å²) >= 11 is 0. The van der Waals surface area contributed by atoms with Crippen molar-refractivity contribution in [1.82, 2.24) is 5.32 Å². The highest BCUT2D eigenvalue weighted by molar-refractivity contribution is 5.80. The van der Waals surface area contributed by atoms with E-state index in [1.807, 2.05) is 0 Å². The van der Waals surface area contributed by atoms with Gasteiger partial charge in [0.1, 0.15) is 36.6 Å². The fourth-order valence-corrected chi connectivity index (χ4v) is 10.4. The van der Waals surface area contributed by atoms with E-state index in [2.05, 4.69) is 55.6 Å². The molecule has 1 aliphatic rings. The number of unbranched alkanes of at least 4 members (excludes halogenated alkanes) is 38. The van der Waals surface area contributed by atoms with E-state index in [1.54, 1.807) is 0 Å². The Hall–Kier alpha value is -1.67. The molecule has 1 heterocycles. The SMILES string of the molecule is CCCCCCCCCCCCCCC/C=C/CC/C=C/CC/C=C/CCCC(O)C(O)C(COC1OC(CO)C(O)C(O)C1O)NC(=O)C(O)CCCCCCCCCCCCCCCCCCCCCCCCC. The largest absolute Gasteiger partial charge is 0.394 e. The zero-order chi connectivity index (χ0) is 55.4. The quantitative estimate of drug-likeness (QED) is 0.0215. The molecular weight excluding hydrogens is 955 g/mol. The maximum atomic E-state index is 13.2. The average Bonchev–Trinajstić information content (AvgIpc) is 3.42. The average molecular weight is 1080 g/mol. The minimum atomic E-state index is -1.67. The highest BCUT2D eigenvalue weighted by atomic mass is 16.7. The number of amides is 1. The number of allylic oxidation sites excluding steroid dienone is 6. The number of rotatable bonds is 56. The fourth-order valence-electron chi connectivity index (χ4n) is 10.4. The van der Waals surface area contributed by atoms with Gasteiger partial charge in [-0.05, 0) is 64.2 Å². The number of ether oxygens (including phenoxy) is 2. The molecule has 9 atom stereocenters. The molecule has 1 aliphatic heterocycles. The molecule has 0 aromatic rings. The second kappa shape index (κ2) is 53.9. The van der Waals surface area contributed by atoms with E-state index in [-0.39, 0.29) is 12.8 Å². The van der Waals surface area contributed by atoms with E-state index < -0.39 is 74.2 Å². The van der Waals surface area contributed by atoms with Crippen LogP contribution < -0.4 is 5.32 Å². The molecule has 1 amide bonds. The number of hydrogen-bond donors (Lipinski definition) is 8. The predicted octanol–water partition coefficient (Wildman–Crippen LogP) is 14.6. The maximum Gasteiger partial charge on any atom is 0.249 e. The van der Waals surface area contributed by atoms with E-state index >= 15 is 0 Å². The normalized spacial score (nSPS) is 19.8. The number of hydrogen-bond acceptors (Lipinski definition) is 10. The van der Waals surface area contributed by atoms with Gasteiger partial charge in [0.15, 0.2) is 6.29 Å². The van der Waals surface area contributed by atoms with Crippen molar-refractivity contribution in [2.75, 3.05) is 13.2 Å². The first-order valence-corrected chi connectivity index (χ1v) is 32.4. The summed E-state index contributed by atoms with van der Waals surface area (Å²) in [7, 11) is 0. The van der Waals surface area contributed by atoms with Gasteiger partial charge in [0.25, 0.3) is 0 Å². The van der Waals surface area contributed by atoms with Crippen LogP contribution in [0.2, 0.25) is 0 Å². The summed E-state index contributed by atoms with van der Waals surface area (Å²) < 4.78 is 11.2. The molecule has 0 bridgehead atoms. The molecule has 0 aromatic carbocycles. The molecule has 0 radical (unpaired) electrons. The molecule has 9 unspecified atom stereocenters. The van der Waals surface area contributed by atoms with Crippen molar-refractivity contribution < 1.29 is 50.0 Å². The Morgan fingerprint density at radius 1 is 0.447 bits per heavy atom. The van der Waals surface area contributed by atoms with E-state index in [0.717, 1.165) is 44.9 Å². The first kappa shape index (κ1) is 72.3. The summed E-state index contributed by atoms with van der Waals surface area (Å²) in [5.41, 5.74) is 0. The van der Waals surface area contributed by atoms with Crippen LogP contribution in [0.4, 0.5) is 0 Å². The van der Waals surface area contributed by atoms with Crippen molar-refractivity contribution >= 4 is 5.91 Å². The summed E-state index contributed by atoms with van der Waals surface area (Å²) in [5.74, 6) is -0.707. The standard InChI is InChI=1S/C65H123NO10/c1-3-5-7-9-11-13-15-17-19-21-23-25-27-28-29-31-32-34-36-38-40-42-44-46-48-50-52-57(68)60(70)56(55-75-65-63(73)62(72)61(71)59(54-67)76-65)66-64(74)58(69)53-51-49-47-45-43-41-39-37-35-33-30-26-24-22-20-18-16-14-12-10-8-6-4-2/h29,31,36,38,44,46,56-63,65,67-73H,3-28,30,32-35,37,39-43,45,47-55H2,1-2H3,(H,66,74)/b31-29+,38-36+,46-44+.